The molecule has 0 aromatic heterocycles. The van der Waals surface area contributed by atoms with E-state index >= 15 is 0 Å². The van der Waals surface area contributed by atoms with Crippen molar-refractivity contribution in [2.75, 3.05) is 13.2 Å². The van der Waals surface area contributed by atoms with E-state index < -0.39 is 6.10 Å². The Hall–Kier alpha value is -0.120. The zero-order chi connectivity index (χ0) is 17.9. The second-order valence-corrected chi connectivity index (χ2v) is 7.49. The maximum atomic E-state index is 8.17. The average molecular weight is 345 g/mol. The van der Waals surface area contributed by atoms with Gasteiger partial charge >= 0.3 is 0 Å². The molecule has 0 heterocycles. The minimum atomic E-state index is -0.954. The Kier molecular flexibility index (Phi) is 19.1. The van der Waals surface area contributed by atoms with Gasteiger partial charge in [-0.1, -0.05) is 110 Å². The van der Waals surface area contributed by atoms with Gasteiger partial charge in [0.25, 0.3) is 0 Å². The Morgan fingerprint density at radius 1 is 0.708 bits per heavy atom. The quantitative estimate of drug-likeness (QED) is 0.357. The van der Waals surface area contributed by atoms with Crippen molar-refractivity contribution in [1.82, 2.24) is 0 Å². The molecule has 0 bridgehead atoms. The monoisotopic (exact) mass is 344 g/mol. The molecular formula is C21H44O3. The van der Waals surface area contributed by atoms with E-state index in [0.717, 1.165) is 5.92 Å². The van der Waals surface area contributed by atoms with Crippen molar-refractivity contribution in [2.24, 2.45) is 5.92 Å². The van der Waals surface area contributed by atoms with Gasteiger partial charge in [-0.3, -0.25) is 0 Å². The first-order valence-electron chi connectivity index (χ1n) is 10.6. The number of hydrogen-bond acceptors (Lipinski definition) is 3. The highest BCUT2D eigenvalue weighted by Crippen LogP contribution is 2.31. The molecule has 0 spiro atoms. The Balaban J connectivity index is 0.000000754. The highest BCUT2D eigenvalue weighted by Gasteiger charge is 2.15. The molecule has 1 aliphatic rings. The van der Waals surface area contributed by atoms with Crippen molar-refractivity contribution in [1.29, 1.82) is 0 Å². The predicted molar refractivity (Wildman–Crippen MR) is 103 cm³/mol. The van der Waals surface area contributed by atoms with Gasteiger partial charge in [0.05, 0.1) is 13.2 Å². The van der Waals surface area contributed by atoms with Crippen molar-refractivity contribution in [3.05, 3.63) is 0 Å². The van der Waals surface area contributed by atoms with Crippen LogP contribution in [0.3, 0.4) is 0 Å². The van der Waals surface area contributed by atoms with E-state index in [2.05, 4.69) is 6.92 Å². The van der Waals surface area contributed by atoms with Crippen molar-refractivity contribution in [3.63, 3.8) is 0 Å². The zero-order valence-electron chi connectivity index (χ0n) is 16.2. The molecule has 0 unspecified atom stereocenters. The van der Waals surface area contributed by atoms with Crippen LogP contribution in [0.4, 0.5) is 0 Å². The van der Waals surface area contributed by atoms with E-state index in [-0.39, 0.29) is 13.2 Å². The molecule has 0 aromatic carbocycles. The number of rotatable bonds is 15. The Labute approximate surface area is 150 Å². The van der Waals surface area contributed by atoms with Crippen molar-refractivity contribution >= 4 is 0 Å². The molecular weight excluding hydrogens is 300 g/mol. The smallest absolute Gasteiger partial charge is 0.100 e. The van der Waals surface area contributed by atoms with Crippen LogP contribution in [0.25, 0.3) is 0 Å². The summed E-state index contributed by atoms with van der Waals surface area (Å²) < 4.78 is 0. The van der Waals surface area contributed by atoms with Gasteiger partial charge in [-0.05, 0) is 5.92 Å². The van der Waals surface area contributed by atoms with Crippen molar-refractivity contribution in [3.8, 4) is 0 Å². The Morgan fingerprint density at radius 2 is 1.12 bits per heavy atom. The summed E-state index contributed by atoms with van der Waals surface area (Å²) >= 11 is 0. The van der Waals surface area contributed by atoms with E-state index in [1.54, 1.807) is 0 Å². The average Bonchev–Trinajstić information content (AvgIpc) is 2.57. The second-order valence-electron chi connectivity index (χ2n) is 7.49. The lowest BCUT2D eigenvalue weighted by Crippen LogP contribution is -2.15. The first kappa shape index (κ1) is 23.9. The molecule has 0 aliphatic heterocycles. The first-order valence-corrected chi connectivity index (χ1v) is 10.6. The van der Waals surface area contributed by atoms with Gasteiger partial charge in [-0.15, -0.1) is 0 Å². The highest BCUT2D eigenvalue weighted by molar-refractivity contribution is 4.69. The van der Waals surface area contributed by atoms with Crippen LogP contribution in [-0.4, -0.2) is 34.6 Å². The van der Waals surface area contributed by atoms with Gasteiger partial charge in [-0.2, -0.15) is 0 Å². The third kappa shape index (κ3) is 16.7. The molecule has 1 fully saturated rings. The molecule has 3 heteroatoms. The second kappa shape index (κ2) is 19.2. The van der Waals surface area contributed by atoms with Gasteiger partial charge in [0.1, 0.15) is 6.10 Å². The highest BCUT2D eigenvalue weighted by atomic mass is 16.3. The third-order valence-corrected chi connectivity index (χ3v) is 5.11. The van der Waals surface area contributed by atoms with Crippen molar-refractivity contribution in [2.45, 2.75) is 116 Å². The number of aliphatic hydroxyl groups excluding tert-OH is 3. The zero-order valence-corrected chi connectivity index (χ0v) is 16.2. The fraction of sp³-hybridized carbons (Fsp3) is 1.00. The van der Waals surface area contributed by atoms with Crippen LogP contribution in [0.5, 0.6) is 0 Å². The normalized spacial score (nSPS) is 14.4. The summed E-state index contributed by atoms with van der Waals surface area (Å²) in [6.45, 7) is 1.57. The number of hydrogen-bond donors (Lipinski definition) is 3. The largest absolute Gasteiger partial charge is 0.394 e. The summed E-state index contributed by atoms with van der Waals surface area (Å²) in [5.74, 6) is 1.13. The molecule has 0 saturated heterocycles. The van der Waals surface area contributed by atoms with E-state index in [1.165, 1.54) is 103 Å². The number of aliphatic hydroxyl groups is 3. The van der Waals surface area contributed by atoms with E-state index in [9.17, 15) is 0 Å². The van der Waals surface area contributed by atoms with Crippen LogP contribution in [-0.2, 0) is 0 Å². The van der Waals surface area contributed by atoms with Crippen LogP contribution >= 0.6 is 0 Å². The topological polar surface area (TPSA) is 60.7 Å². The molecule has 3 N–H and O–H groups in total. The lowest BCUT2D eigenvalue weighted by atomic mass is 9.81. The molecule has 1 saturated carbocycles. The standard InChI is InChI=1S/C18H36.C3H8O3/c1-2-3-4-5-6-7-8-9-10-11-12-13-15-18-16-14-17-18;4-1-3(6)2-5/h18H,2-17H2,1H3;3-6H,1-2H2. The van der Waals surface area contributed by atoms with E-state index in [0.29, 0.717) is 0 Å². The molecule has 3 nitrogen and oxygen atoms in total. The van der Waals surface area contributed by atoms with Gasteiger partial charge in [0.15, 0.2) is 0 Å². The summed E-state index contributed by atoms with van der Waals surface area (Å²) in [7, 11) is 0. The Bertz CT molecular complexity index is 225. The lowest BCUT2D eigenvalue weighted by Gasteiger charge is -2.24. The molecule has 1 rings (SSSR count). The Morgan fingerprint density at radius 3 is 1.42 bits per heavy atom. The molecule has 1 aliphatic carbocycles. The molecule has 0 aromatic rings. The fourth-order valence-corrected chi connectivity index (χ4v) is 3.11. The summed E-state index contributed by atoms with van der Waals surface area (Å²) in [6.07, 6.45) is 23.0. The van der Waals surface area contributed by atoms with Gasteiger partial charge < -0.3 is 15.3 Å². The molecule has 24 heavy (non-hydrogen) atoms. The minimum Gasteiger partial charge on any atom is -0.394 e. The SMILES string of the molecule is CCCCCCCCCCCCCCC1CCC1.OCC(O)CO. The van der Waals surface area contributed by atoms with Crippen LogP contribution in [0.1, 0.15) is 110 Å². The maximum Gasteiger partial charge on any atom is 0.100 e. The minimum absolute atomic E-state index is 0.365. The molecule has 0 radical (unpaired) electrons. The van der Waals surface area contributed by atoms with Gasteiger partial charge in [0.2, 0.25) is 0 Å². The number of unbranched alkanes of at least 4 members (excludes halogenated alkanes) is 11. The fourth-order valence-electron chi connectivity index (χ4n) is 3.11. The molecule has 146 valence electrons. The summed E-state index contributed by atoms with van der Waals surface area (Å²) in [5, 5.41) is 24.0. The first-order chi connectivity index (χ1) is 11.7. The molecule has 0 amide bonds. The summed E-state index contributed by atoms with van der Waals surface area (Å²) in [6, 6.07) is 0. The van der Waals surface area contributed by atoms with Crippen molar-refractivity contribution < 1.29 is 15.3 Å². The summed E-state index contributed by atoms with van der Waals surface area (Å²) in [4.78, 5) is 0. The molecule has 0 atom stereocenters. The summed E-state index contributed by atoms with van der Waals surface area (Å²) in [5.41, 5.74) is 0. The van der Waals surface area contributed by atoms with Crippen LogP contribution in [0.15, 0.2) is 0 Å². The van der Waals surface area contributed by atoms with Crippen LogP contribution < -0.4 is 0 Å². The van der Waals surface area contributed by atoms with Gasteiger partial charge in [0, 0.05) is 0 Å². The van der Waals surface area contributed by atoms with Gasteiger partial charge in [-0.25, -0.2) is 0 Å². The predicted octanol–water partition coefficient (Wildman–Crippen LogP) is 5.21. The van der Waals surface area contributed by atoms with E-state index in [1.807, 2.05) is 0 Å². The van der Waals surface area contributed by atoms with Crippen LogP contribution in [0.2, 0.25) is 0 Å². The van der Waals surface area contributed by atoms with Crippen LogP contribution in [0, 0.1) is 5.92 Å². The third-order valence-electron chi connectivity index (χ3n) is 5.11. The maximum absolute atomic E-state index is 8.17. The van der Waals surface area contributed by atoms with E-state index in [4.69, 9.17) is 15.3 Å². The lowest BCUT2D eigenvalue weighted by molar-refractivity contribution is 0.0450.